The van der Waals surface area contributed by atoms with E-state index in [1.54, 1.807) is 18.2 Å². The van der Waals surface area contributed by atoms with Gasteiger partial charge in [-0.15, -0.1) is 11.3 Å². The number of rotatable bonds is 3. The van der Waals surface area contributed by atoms with Gasteiger partial charge in [-0.2, -0.15) is 0 Å². The molecule has 0 radical (unpaired) electrons. The number of hydrogen-bond donors (Lipinski definition) is 2. The average Bonchev–Trinajstić information content (AvgIpc) is 2.85. The van der Waals surface area contributed by atoms with Crippen molar-refractivity contribution >= 4 is 46.1 Å². The molecule has 0 aliphatic carbocycles. The third-order valence-electron chi connectivity index (χ3n) is 2.32. The van der Waals surface area contributed by atoms with E-state index in [0.717, 1.165) is 4.88 Å². The Morgan fingerprint density at radius 2 is 2.11 bits per heavy atom. The van der Waals surface area contributed by atoms with Crippen LogP contribution in [0.5, 0.6) is 0 Å². The Morgan fingerprint density at radius 3 is 2.72 bits per heavy atom. The average molecular weight is 301 g/mol. The van der Waals surface area contributed by atoms with Gasteiger partial charge in [0, 0.05) is 9.90 Å². The van der Waals surface area contributed by atoms with Crippen LogP contribution in [0.3, 0.4) is 0 Å². The highest BCUT2D eigenvalue weighted by Gasteiger charge is 2.17. The first kappa shape index (κ1) is 13.4. The molecule has 1 amide bonds. The van der Waals surface area contributed by atoms with E-state index in [1.807, 2.05) is 17.5 Å². The summed E-state index contributed by atoms with van der Waals surface area (Å²) in [7, 11) is 0. The van der Waals surface area contributed by atoms with Gasteiger partial charge in [-0.3, -0.25) is 4.79 Å². The molecule has 0 aliphatic heterocycles. The van der Waals surface area contributed by atoms with E-state index >= 15 is 0 Å². The van der Waals surface area contributed by atoms with Crippen molar-refractivity contribution in [3.05, 3.63) is 50.6 Å². The maximum atomic E-state index is 11.9. The van der Waals surface area contributed by atoms with E-state index in [1.165, 1.54) is 11.3 Å². The van der Waals surface area contributed by atoms with Gasteiger partial charge < -0.3 is 11.1 Å². The Balaban J connectivity index is 2.12. The minimum atomic E-state index is -0.697. The molecule has 0 bridgehead atoms. The number of carbonyl (C=O) groups is 1. The third-order valence-corrected chi connectivity index (χ3v) is 3.82. The number of thiophene rings is 1. The summed E-state index contributed by atoms with van der Waals surface area (Å²) in [5.74, 6) is -0.304. The number of nitrogens with two attached hydrogens (primary N) is 1. The quantitative estimate of drug-likeness (QED) is 0.908. The van der Waals surface area contributed by atoms with Gasteiger partial charge in [0.1, 0.15) is 6.04 Å². The van der Waals surface area contributed by atoms with Crippen LogP contribution < -0.4 is 11.1 Å². The van der Waals surface area contributed by atoms with Crippen molar-refractivity contribution < 1.29 is 4.79 Å². The van der Waals surface area contributed by atoms with Crippen LogP contribution in [0.2, 0.25) is 10.0 Å². The fourth-order valence-corrected chi connectivity index (χ4v) is 2.58. The molecule has 0 spiro atoms. The van der Waals surface area contributed by atoms with Crippen LogP contribution in [0.1, 0.15) is 10.9 Å². The Kier molecular flexibility index (Phi) is 4.24. The fraction of sp³-hybridized carbons (Fsp3) is 0.0833. The maximum absolute atomic E-state index is 11.9. The van der Waals surface area contributed by atoms with Gasteiger partial charge in [-0.1, -0.05) is 29.3 Å². The molecule has 6 heteroatoms. The lowest BCUT2D eigenvalue weighted by Gasteiger charge is -2.11. The second kappa shape index (κ2) is 5.71. The molecular formula is C12H10Cl2N2OS. The van der Waals surface area contributed by atoms with Crippen molar-refractivity contribution in [1.29, 1.82) is 0 Å². The first-order chi connectivity index (χ1) is 8.58. The van der Waals surface area contributed by atoms with E-state index in [0.29, 0.717) is 15.7 Å². The Labute approximate surface area is 119 Å². The lowest BCUT2D eigenvalue weighted by Crippen LogP contribution is -2.27. The topological polar surface area (TPSA) is 55.1 Å². The lowest BCUT2D eigenvalue weighted by molar-refractivity contribution is -0.117. The van der Waals surface area contributed by atoms with Crippen molar-refractivity contribution in [3.63, 3.8) is 0 Å². The summed E-state index contributed by atoms with van der Waals surface area (Å²) in [6.07, 6.45) is 0. The molecule has 3 nitrogen and oxygen atoms in total. The first-order valence-electron chi connectivity index (χ1n) is 5.13. The number of nitrogens with one attached hydrogen (secondary N) is 1. The molecule has 1 aromatic heterocycles. The van der Waals surface area contributed by atoms with Crippen LogP contribution in [0.4, 0.5) is 5.69 Å². The molecule has 1 aromatic carbocycles. The van der Waals surface area contributed by atoms with Gasteiger partial charge in [0.15, 0.2) is 0 Å². The smallest absolute Gasteiger partial charge is 0.246 e. The summed E-state index contributed by atoms with van der Waals surface area (Å²) in [5.41, 5.74) is 6.34. The standard InChI is InChI=1S/C12H10Cl2N2OS/c13-7-3-4-9(8(14)6-7)16-12(17)11(15)10-2-1-5-18-10/h1-6,11H,15H2,(H,16,17). The summed E-state index contributed by atoms with van der Waals surface area (Å²) in [5, 5.41) is 5.45. The van der Waals surface area contributed by atoms with Crippen LogP contribution >= 0.6 is 34.5 Å². The number of benzene rings is 1. The van der Waals surface area contributed by atoms with Crippen LogP contribution in [-0.4, -0.2) is 5.91 Å². The molecule has 1 atom stereocenters. The molecule has 2 rings (SSSR count). The van der Waals surface area contributed by atoms with Gasteiger partial charge in [-0.25, -0.2) is 0 Å². The molecule has 0 fully saturated rings. The van der Waals surface area contributed by atoms with Gasteiger partial charge in [0.2, 0.25) is 5.91 Å². The third kappa shape index (κ3) is 3.03. The molecule has 1 heterocycles. The Bertz CT molecular complexity index is 557. The predicted molar refractivity (Wildman–Crippen MR) is 76.3 cm³/mol. The summed E-state index contributed by atoms with van der Waals surface area (Å²) < 4.78 is 0. The van der Waals surface area contributed by atoms with Crippen molar-refractivity contribution in [2.45, 2.75) is 6.04 Å². The van der Waals surface area contributed by atoms with Gasteiger partial charge in [0.25, 0.3) is 0 Å². The van der Waals surface area contributed by atoms with Crippen LogP contribution in [-0.2, 0) is 4.79 Å². The Morgan fingerprint density at radius 1 is 1.33 bits per heavy atom. The van der Waals surface area contributed by atoms with E-state index in [9.17, 15) is 4.79 Å². The highest BCUT2D eigenvalue weighted by molar-refractivity contribution is 7.10. The number of hydrogen-bond acceptors (Lipinski definition) is 3. The van der Waals surface area contributed by atoms with Crippen molar-refractivity contribution in [2.75, 3.05) is 5.32 Å². The summed E-state index contributed by atoms with van der Waals surface area (Å²) in [6, 6.07) is 7.83. The SMILES string of the molecule is NC(C(=O)Nc1ccc(Cl)cc1Cl)c1cccs1. The summed E-state index contributed by atoms with van der Waals surface area (Å²) >= 11 is 13.2. The second-order valence-electron chi connectivity index (χ2n) is 3.61. The van der Waals surface area contributed by atoms with Crippen LogP contribution in [0.15, 0.2) is 35.7 Å². The molecular weight excluding hydrogens is 291 g/mol. The highest BCUT2D eigenvalue weighted by Crippen LogP contribution is 2.26. The van der Waals surface area contributed by atoms with Crippen molar-refractivity contribution in [2.24, 2.45) is 5.73 Å². The molecule has 0 aliphatic rings. The highest BCUT2D eigenvalue weighted by atomic mass is 35.5. The molecule has 0 saturated heterocycles. The first-order valence-corrected chi connectivity index (χ1v) is 6.76. The minimum Gasteiger partial charge on any atom is -0.323 e. The van der Waals surface area contributed by atoms with Crippen LogP contribution in [0, 0.1) is 0 Å². The molecule has 18 heavy (non-hydrogen) atoms. The summed E-state index contributed by atoms with van der Waals surface area (Å²) in [4.78, 5) is 12.7. The van der Waals surface area contributed by atoms with Gasteiger partial charge in [0.05, 0.1) is 10.7 Å². The number of halogens is 2. The zero-order valence-corrected chi connectivity index (χ0v) is 11.5. The van der Waals surface area contributed by atoms with E-state index < -0.39 is 6.04 Å². The maximum Gasteiger partial charge on any atom is 0.246 e. The predicted octanol–water partition coefficient (Wildman–Crippen LogP) is 3.69. The largest absolute Gasteiger partial charge is 0.323 e. The molecule has 3 N–H and O–H groups in total. The molecule has 94 valence electrons. The summed E-state index contributed by atoms with van der Waals surface area (Å²) in [6.45, 7) is 0. The van der Waals surface area contributed by atoms with E-state index in [2.05, 4.69) is 5.32 Å². The zero-order valence-electron chi connectivity index (χ0n) is 9.19. The number of anilines is 1. The lowest BCUT2D eigenvalue weighted by atomic mass is 10.2. The zero-order chi connectivity index (χ0) is 13.1. The van der Waals surface area contributed by atoms with Gasteiger partial charge in [-0.05, 0) is 29.6 Å². The van der Waals surface area contributed by atoms with E-state index in [4.69, 9.17) is 28.9 Å². The minimum absolute atomic E-state index is 0.304. The normalized spacial score (nSPS) is 12.2. The van der Waals surface area contributed by atoms with Crippen molar-refractivity contribution in [1.82, 2.24) is 0 Å². The molecule has 2 aromatic rings. The van der Waals surface area contributed by atoms with Crippen LogP contribution in [0.25, 0.3) is 0 Å². The molecule has 1 unspecified atom stereocenters. The Hall–Kier alpha value is -1.07. The van der Waals surface area contributed by atoms with Crippen molar-refractivity contribution in [3.8, 4) is 0 Å². The van der Waals surface area contributed by atoms with Gasteiger partial charge >= 0.3 is 0 Å². The fourth-order valence-electron chi connectivity index (χ4n) is 1.40. The second-order valence-corrected chi connectivity index (χ2v) is 5.43. The monoisotopic (exact) mass is 300 g/mol. The number of carbonyl (C=O) groups excluding carboxylic acids is 1. The number of amides is 1. The van der Waals surface area contributed by atoms with E-state index in [-0.39, 0.29) is 5.91 Å². The molecule has 0 saturated carbocycles.